The van der Waals surface area contributed by atoms with E-state index in [0.717, 1.165) is 33.8 Å². The van der Waals surface area contributed by atoms with E-state index >= 15 is 0 Å². The van der Waals surface area contributed by atoms with Crippen LogP contribution in [0.15, 0.2) is 66.7 Å². The number of ether oxygens (including phenoxy) is 2. The van der Waals surface area contributed by atoms with Crippen molar-refractivity contribution in [2.24, 2.45) is 0 Å². The summed E-state index contributed by atoms with van der Waals surface area (Å²) in [7, 11) is 1.59. The molecule has 0 spiro atoms. The number of aryl methyl sites for hydroxylation is 2. The van der Waals surface area contributed by atoms with E-state index in [-0.39, 0.29) is 0 Å². The molecule has 3 aromatic carbocycles. The molecule has 4 heteroatoms. The fraction of sp³-hybridized carbons (Fsp3) is 0.208. The van der Waals surface area contributed by atoms with Crippen molar-refractivity contribution in [2.75, 3.05) is 7.11 Å². The first-order chi connectivity index (χ1) is 13.5. The third-order valence-electron chi connectivity index (χ3n) is 4.75. The lowest BCUT2D eigenvalue weighted by atomic mass is 9.92. The molecule has 0 bridgehead atoms. The Kier molecular flexibility index (Phi) is 5.99. The number of rotatable bonds is 7. The molecule has 0 aliphatic heterocycles. The predicted molar refractivity (Wildman–Crippen MR) is 110 cm³/mol. The minimum atomic E-state index is -0.846. The van der Waals surface area contributed by atoms with Crippen molar-refractivity contribution in [1.82, 2.24) is 0 Å². The van der Waals surface area contributed by atoms with Gasteiger partial charge in [0.1, 0.15) is 17.2 Å². The molecular formula is C24H24O4. The van der Waals surface area contributed by atoms with Gasteiger partial charge in [-0.1, -0.05) is 36.4 Å². The predicted octanol–water partition coefficient (Wildman–Crippen LogP) is 5.52. The Hall–Kier alpha value is -3.27. The number of methoxy groups -OCH3 is 1. The van der Waals surface area contributed by atoms with Crippen molar-refractivity contribution in [3.8, 4) is 17.2 Å². The highest BCUT2D eigenvalue weighted by Crippen LogP contribution is 2.28. The van der Waals surface area contributed by atoms with Gasteiger partial charge in [0.25, 0.3) is 0 Å². The third-order valence-corrected chi connectivity index (χ3v) is 4.75. The molecule has 0 saturated heterocycles. The van der Waals surface area contributed by atoms with Crippen LogP contribution in [0.1, 0.15) is 28.2 Å². The largest absolute Gasteiger partial charge is 0.497 e. The molecule has 144 valence electrons. The van der Waals surface area contributed by atoms with E-state index in [1.807, 2.05) is 50.2 Å². The molecular weight excluding hydrogens is 352 g/mol. The van der Waals surface area contributed by atoms with E-state index in [9.17, 15) is 9.90 Å². The number of benzene rings is 3. The van der Waals surface area contributed by atoms with Crippen LogP contribution in [-0.4, -0.2) is 18.2 Å². The second-order valence-corrected chi connectivity index (χ2v) is 6.88. The summed E-state index contributed by atoms with van der Waals surface area (Å²) in [6.07, 6.45) is 0.408. The van der Waals surface area contributed by atoms with E-state index in [4.69, 9.17) is 9.47 Å². The second-order valence-electron chi connectivity index (χ2n) is 6.88. The summed E-state index contributed by atoms with van der Waals surface area (Å²) >= 11 is 0. The molecule has 28 heavy (non-hydrogen) atoms. The van der Waals surface area contributed by atoms with Gasteiger partial charge in [-0.2, -0.15) is 0 Å². The molecule has 3 rings (SSSR count). The summed E-state index contributed by atoms with van der Waals surface area (Å²) in [6, 6.07) is 20.9. The summed E-state index contributed by atoms with van der Waals surface area (Å²) in [5.74, 6) is 0.807. The van der Waals surface area contributed by atoms with Crippen molar-refractivity contribution < 1.29 is 19.4 Å². The number of carboxylic acids is 1. The SMILES string of the molecule is COc1ccc(C(Cc2ccc(Oc3cc(C)ccc3C)cc2)C(=O)O)cc1. The number of carbonyl (C=O) groups is 1. The van der Waals surface area contributed by atoms with Crippen LogP contribution in [0.2, 0.25) is 0 Å². The Balaban J connectivity index is 1.74. The van der Waals surface area contributed by atoms with Crippen molar-refractivity contribution in [3.05, 3.63) is 89.0 Å². The maximum absolute atomic E-state index is 11.8. The molecule has 3 aromatic rings. The summed E-state index contributed by atoms with van der Waals surface area (Å²) in [4.78, 5) is 11.8. The quantitative estimate of drug-likeness (QED) is 0.590. The van der Waals surface area contributed by atoms with Gasteiger partial charge in [0.15, 0.2) is 0 Å². The van der Waals surface area contributed by atoms with Gasteiger partial charge in [0.05, 0.1) is 13.0 Å². The first-order valence-electron chi connectivity index (χ1n) is 9.17. The lowest BCUT2D eigenvalue weighted by Gasteiger charge is -2.14. The molecule has 4 nitrogen and oxygen atoms in total. The van der Waals surface area contributed by atoms with Gasteiger partial charge in [0.2, 0.25) is 0 Å². The van der Waals surface area contributed by atoms with Gasteiger partial charge in [-0.3, -0.25) is 4.79 Å². The normalized spacial score (nSPS) is 11.7. The molecule has 0 fully saturated rings. The Morgan fingerprint density at radius 2 is 1.57 bits per heavy atom. The maximum atomic E-state index is 11.8. The maximum Gasteiger partial charge on any atom is 0.311 e. The summed E-state index contributed by atoms with van der Waals surface area (Å²) < 4.78 is 11.1. The Morgan fingerprint density at radius 1 is 0.929 bits per heavy atom. The Bertz CT molecular complexity index is 943. The first kappa shape index (κ1) is 19.5. The molecule has 0 aliphatic rings. The minimum absolute atomic E-state index is 0.408. The third kappa shape index (κ3) is 4.71. The molecule has 0 aromatic heterocycles. The smallest absolute Gasteiger partial charge is 0.311 e. The topological polar surface area (TPSA) is 55.8 Å². The molecule has 0 radical (unpaired) electrons. The van der Waals surface area contributed by atoms with Crippen LogP contribution in [0, 0.1) is 13.8 Å². The highest BCUT2D eigenvalue weighted by Gasteiger charge is 2.20. The Labute approximate surface area is 165 Å². The average molecular weight is 376 g/mol. The number of carboxylic acid groups (broad SMARTS) is 1. The van der Waals surface area contributed by atoms with Crippen LogP contribution in [0.25, 0.3) is 0 Å². The van der Waals surface area contributed by atoms with Gasteiger partial charge in [-0.15, -0.1) is 0 Å². The van der Waals surface area contributed by atoms with Crippen molar-refractivity contribution in [1.29, 1.82) is 0 Å². The zero-order valence-corrected chi connectivity index (χ0v) is 16.3. The van der Waals surface area contributed by atoms with E-state index in [2.05, 4.69) is 6.07 Å². The van der Waals surface area contributed by atoms with E-state index in [1.165, 1.54) is 0 Å². The molecule has 0 saturated carbocycles. The van der Waals surface area contributed by atoms with Gasteiger partial charge in [-0.25, -0.2) is 0 Å². The monoisotopic (exact) mass is 376 g/mol. The van der Waals surface area contributed by atoms with Crippen LogP contribution in [0.4, 0.5) is 0 Å². The summed E-state index contributed by atoms with van der Waals surface area (Å²) in [5, 5.41) is 9.66. The van der Waals surface area contributed by atoms with E-state index in [0.29, 0.717) is 12.2 Å². The molecule has 0 amide bonds. The molecule has 0 heterocycles. The zero-order valence-electron chi connectivity index (χ0n) is 16.3. The van der Waals surface area contributed by atoms with Gasteiger partial charge in [-0.05, 0) is 72.9 Å². The van der Waals surface area contributed by atoms with Crippen LogP contribution >= 0.6 is 0 Å². The van der Waals surface area contributed by atoms with Crippen LogP contribution in [0.5, 0.6) is 17.2 Å². The van der Waals surface area contributed by atoms with Gasteiger partial charge in [0, 0.05) is 0 Å². The van der Waals surface area contributed by atoms with Crippen LogP contribution in [-0.2, 0) is 11.2 Å². The van der Waals surface area contributed by atoms with Crippen molar-refractivity contribution >= 4 is 5.97 Å². The first-order valence-corrected chi connectivity index (χ1v) is 9.17. The number of hydrogen-bond donors (Lipinski definition) is 1. The Morgan fingerprint density at radius 3 is 2.18 bits per heavy atom. The summed E-state index contributed by atoms with van der Waals surface area (Å²) in [5.41, 5.74) is 3.90. The van der Waals surface area contributed by atoms with E-state index in [1.54, 1.807) is 31.4 Å². The average Bonchev–Trinajstić information content (AvgIpc) is 2.70. The standard InChI is InChI=1S/C24H24O4/c1-16-4-5-17(2)23(14-16)28-21-10-6-18(7-11-21)15-22(24(25)26)19-8-12-20(27-3)13-9-19/h4-14,22H,15H2,1-3H3,(H,25,26). The fourth-order valence-electron chi connectivity index (χ4n) is 3.06. The summed E-state index contributed by atoms with van der Waals surface area (Å²) in [6.45, 7) is 4.04. The highest BCUT2D eigenvalue weighted by molar-refractivity contribution is 5.76. The molecule has 0 aliphatic carbocycles. The number of aliphatic carboxylic acids is 1. The van der Waals surface area contributed by atoms with Gasteiger partial charge >= 0.3 is 5.97 Å². The number of hydrogen-bond acceptors (Lipinski definition) is 3. The lowest BCUT2D eigenvalue weighted by molar-refractivity contribution is -0.138. The minimum Gasteiger partial charge on any atom is -0.497 e. The van der Waals surface area contributed by atoms with Crippen molar-refractivity contribution in [3.63, 3.8) is 0 Å². The molecule has 1 unspecified atom stereocenters. The fourth-order valence-corrected chi connectivity index (χ4v) is 3.06. The van der Waals surface area contributed by atoms with Crippen molar-refractivity contribution in [2.45, 2.75) is 26.2 Å². The van der Waals surface area contributed by atoms with Crippen LogP contribution in [0.3, 0.4) is 0 Å². The zero-order chi connectivity index (χ0) is 20.1. The van der Waals surface area contributed by atoms with Crippen LogP contribution < -0.4 is 9.47 Å². The second kappa shape index (κ2) is 8.61. The lowest BCUT2D eigenvalue weighted by Crippen LogP contribution is -2.14. The highest BCUT2D eigenvalue weighted by atomic mass is 16.5. The van der Waals surface area contributed by atoms with Gasteiger partial charge < -0.3 is 14.6 Å². The molecule has 1 N–H and O–H groups in total. The van der Waals surface area contributed by atoms with E-state index < -0.39 is 11.9 Å². The molecule has 1 atom stereocenters.